The van der Waals surface area contributed by atoms with E-state index >= 15 is 0 Å². The molecule has 0 aliphatic carbocycles. The van der Waals surface area contributed by atoms with Crippen LogP contribution in [0.1, 0.15) is 19.8 Å². The number of carbonyl (C=O) groups is 2. The molecule has 0 heterocycles. The van der Waals surface area contributed by atoms with Gasteiger partial charge in [0.05, 0.1) is 15.7 Å². The second-order valence-electron chi connectivity index (χ2n) is 4.35. The van der Waals surface area contributed by atoms with Crippen LogP contribution in [0.15, 0.2) is 18.2 Å². The largest absolute Gasteiger partial charge is 0.362 e. The second-order valence-corrected chi connectivity index (χ2v) is 5.13. The van der Waals surface area contributed by atoms with Crippen molar-refractivity contribution in [3.63, 3.8) is 0 Å². The summed E-state index contributed by atoms with van der Waals surface area (Å²) in [7, 11) is 0. The van der Waals surface area contributed by atoms with Gasteiger partial charge < -0.3 is 15.4 Å². The van der Waals surface area contributed by atoms with Crippen LogP contribution in [-0.4, -0.2) is 31.6 Å². The number of benzene rings is 1. The number of nitrogens with one attached hydrogen (secondary N) is 2. The van der Waals surface area contributed by atoms with Gasteiger partial charge in [-0.3, -0.25) is 9.59 Å². The van der Waals surface area contributed by atoms with E-state index in [1.807, 2.05) is 6.92 Å². The smallest absolute Gasteiger partial charge is 0.250 e. The molecule has 1 rings (SSSR count). The summed E-state index contributed by atoms with van der Waals surface area (Å²) in [6, 6.07) is 4.92. The number of halogens is 2. The lowest BCUT2D eigenvalue weighted by Gasteiger charge is -2.09. The maximum absolute atomic E-state index is 11.6. The molecule has 7 heteroatoms. The van der Waals surface area contributed by atoms with Gasteiger partial charge in [0.2, 0.25) is 11.8 Å². The summed E-state index contributed by atoms with van der Waals surface area (Å²) >= 11 is 11.8. The molecule has 0 radical (unpaired) electrons. The van der Waals surface area contributed by atoms with E-state index in [4.69, 9.17) is 27.9 Å². The highest BCUT2D eigenvalue weighted by molar-refractivity contribution is 6.43. The SMILES string of the molecule is CCCCNC(=O)COCC(=O)Nc1cccc(Cl)c1Cl. The third-order valence-electron chi connectivity index (χ3n) is 2.54. The molecular weight excluding hydrogens is 315 g/mol. The normalized spacial score (nSPS) is 10.2. The summed E-state index contributed by atoms with van der Waals surface area (Å²) in [5.41, 5.74) is 0.408. The Hall–Kier alpha value is -1.30. The van der Waals surface area contributed by atoms with E-state index in [1.54, 1.807) is 18.2 Å². The van der Waals surface area contributed by atoms with Gasteiger partial charge in [-0.2, -0.15) is 0 Å². The molecule has 21 heavy (non-hydrogen) atoms. The minimum atomic E-state index is -0.402. The van der Waals surface area contributed by atoms with Crippen molar-refractivity contribution >= 4 is 40.7 Å². The van der Waals surface area contributed by atoms with Gasteiger partial charge in [-0.1, -0.05) is 42.6 Å². The Balaban J connectivity index is 2.28. The Morgan fingerprint density at radius 3 is 2.62 bits per heavy atom. The minimum Gasteiger partial charge on any atom is -0.362 e. The number of carbonyl (C=O) groups excluding carboxylic acids is 2. The molecule has 0 aromatic heterocycles. The van der Waals surface area contributed by atoms with Crippen molar-refractivity contribution < 1.29 is 14.3 Å². The van der Waals surface area contributed by atoms with Gasteiger partial charge >= 0.3 is 0 Å². The van der Waals surface area contributed by atoms with Crippen LogP contribution in [0.2, 0.25) is 10.0 Å². The summed E-state index contributed by atoms with van der Waals surface area (Å²) < 4.78 is 5.03. The average Bonchev–Trinajstić information content (AvgIpc) is 2.44. The summed E-state index contributed by atoms with van der Waals surface area (Å²) in [6.45, 7) is 2.27. The molecule has 0 saturated carbocycles. The monoisotopic (exact) mass is 332 g/mol. The maximum atomic E-state index is 11.6. The van der Waals surface area contributed by atoms with Crippen LogP contribution in [0.5, 0.6) is 0 Å². The molecule has 2 amide bonds. The number of unbranched alkanes of at least 4 members (excludes halogenated alkanes) is 1. The molecule has 5 nitrogen and oxygen atoms in total. The minimum absolute atomic E-state index is 0.152. The van der Waals surface area contributed by atoms with Gasteiger partial charge in [0.15, 0.2) is 0 Å². The van der Waals surface area contributed by atoms with Crippen LogP contribution in [0.4, 0.5) is 5.69 Å². The van der Waals surface area contributed by atoms with E-state index in [1.165, 1.54) is 0 Å². The van der Waals surface area contributed by atoms with Crippen molar-refractivity contribution in [3.8, 4) is 0 Å². The van der Waals surface area contributed by atoms with Crippen molar-refractivity contribution in [1.29, 1.82) is 0 Å². The summed E-state index contributed by atoms with van der Waals surface area (Å²) in [4.78, 5) is 23.0. The van der Waals surface area contributed by atoms with Gasteiger partial charge in [-0.25, -0.2) is 0 Å². The molecule has 1 aromatic rings. The fourth-order valence-electron chi connectivity index (χ4n) is 1.48. The lowest BCUT2D eigenvalue weighted by atomic mass is 10.3. The maximum Gasteiger partial charge on any atom is 0.250 e. The van der Waals surface area contributed by atoms with E-state index in [-0.39, 0.29) is 24.1 Å². The number of rotatable bonds is 8. The highest BCUT2D eigenvalue weighted by atomic mass is 35.5. The Morgan fingerprint density at radius 1 is 1.19 bits per heavy atom. The quantitative estimate of drug-likeness (QED) is 0.719. The first-order valence-electron chi connectivity index (χ1n) is 6.63. The molecule has 0 aliphatic rings. The summed E-state index contributed by atoms with van der Waals surface area (Å²) in [6.07, 6.45) is 1.92. The van der Waals surface area contributed by atoms with Crippen molar-refractivity contribution in [2.75, 3.05) is 25.1 Å². The molecule has 116 valence electrons. The van der Waals surface area contributed by atoms with Gasteiger partial charge in [0, 0.05) is 6.54 Å². The highest BCUT2D eigenvalue weighted by Gasteiger charge is 2.09. The predicted molar refractivity (Wildman–Crippen MR) is 83.8 cm³/mol. The highest BCUT2D eigenvalue weighted by Crippen LogP contribution is 2.29. The molecule has 0 spiro atoms. The van der Waals surface area contributed by atoms with Crippen LogP contribution in [-0.2, 0) is 14.3 Å². The first-order chi connectivity index (χ1) is 10.0. The lowest BCUT2D eigenvalue weighted by molar-refractivity contribution is -0.128. The molecule has 0 fully saturated rings. The fourth-order valence-corrected chi connectivity index (χ4v) is 1.83. The van der Waals surface area contributed by atoms with E-state index in [9.17, 15) is 9.59 Å². The Bertz CT molecular complexity index is 495. The lowest BCUT2D eigenvalue weighted by Crippen LogP contribution is -2.30. The van der Waals surface area contributed by atoms with Gasteiger partial charge in [-0.05, 0) is 18.6 Å². The topological polar surface area (TPSA) is 67.4 Å². The average molecular weight is 333 g/mol. The predicted octanol–water partition coefficient (Wildman–Crippen LogP) is 2.86. The zero-order valence-corrected chi connectivity index (χ0v) is 13.3. The first kappa shape index (κ1) is 17.8. The van der Waals surface area contributed by atoms with Gasteiger partial charge in [-0.15, -0.1) is 0 Å². The number of ether oxygens (including phenoxy) is 1. The molecule has 1 aromatic carbocycles. The number of anilines is 1. The van der Waals surface area contributed by atoms with Crippen molar-refractivity contribution in [3.05, 3.63) is 28.2 Å². The molecule has 0 saturated heterocycles. The van der Waals surface area contributed by atoms with Crippen LogP contribution in [0, 0.1) is 0 Å². The van der Waals surface area contributed by atoms with E-state index in [0.29, 0.717) is 17.3 Å². The van der Waals surface area contributed by atoms with Crippen molar-refractivity contribution in [2.24, 2.45) is 0 Å². The van der Waals surface area contributed by atoms with Gasteiger partial charge in [0.1, 0.15) is 13.2 Å². The first-order valence-corrected chi connectivity index (χ1v) is 7.38. The molecule has 2 N–H and O–H groups in total. The number of amides is 2. The van der Waals surface area contributed by atoms with E-state index in [2.05, 4.69) is 10.6 Å². The number of hydrogen-bond donors (Lipinski definition) is 2. The Labute approximate surface area is 133 Å². The molecular formula is C14H18Cl2N2O3. The third-order valence-corrected chi connectivity index (χ3v) is 3.36. The van der Waals surface area contributed by atoms with Crippen LogP contribution in [0.3, 0.4) is 0 Å². The van der Waals surface area contributed by atoms with Crippen LogP contribution < -0.4 is 10.6 Å². The summed E-state index contributed by atoms with van der Waals surface area (Å²) in [5, 5.41) is 5.88. The molecule has 0 unspecified atom stereocenters. The molecule has 0 aliphatic heterocycles. The van der Waals surface area contributed by atoms with Crippen molar-refractivity contribution in [2.45, 2.75) is 19.8 Å². The van der Waals surface area contributed by atoms with Crippen LogP contribution >= 0.6 is 23.2 Å². The molecule has 0 atom stereocenters. The molecule has 0 bridgehead atoms. The van der Waals surface area contributed by atoms with Crippen molar-refractivity contribution in [1.82, 2.24) is 5.32 Å². The second kappa shape index (κ2) is 9.60. The van der Waals surface area contributed by atoms with E-state index in [0.717, 1.165) is 12.8 Å². The Morgan fingerprint density at radius 2 is 1.90 bits per heavy atom. The Kier molecular flexibility index (Phi) is 8.12. The fraction of sp³-hybridized carbons (Fsp3) is 0.429. The summed E-state index contributed by atoms with van der Waals surface area (Å²) in [5.74, 6) is -0.641. The third kappa shape index (κ3) is 6.80. The van der Waals surface area contributed by atoms with Crippen LogP contribution in [0.25, 0.3) is 0 Å². The van der Waals surface area contributed by atoms with E-state index < -0.39 is 5.91 Å². The zero-order chi connectivity index (χ0) is 15.7. The zero-order valence-electron chi connectivity index (χ0n) is 11.7. The standard InChI is InChI=1S/C14H18Cl2N2O3/c1-2-3-7-17-12(19)8-21-9-13(20)18-11-6-4-5-10(15)14(11)16/h4-6H,2-3,7-9H2,1H3,(H,17,19)(H,18,20). The number of hydrogen-bond acceptors (Lipinski definition) is 3. The van der Waals surface area contributed by atoms with Gasteiger partial charge in [0.25, 0.3) is 0 Å².